The van der Waals surface area contributed by atoms with Crippen LogP contribution in [0, 0.1) is 0 Å². The van der Waals surface area contributed by atoms with Gasteiger partial charge in [0, 0.05) is 109 Å². The summed E-state index contributed by atoms with van der Waals surface area (Å²) in [4.78, 5) is 17.8. The molecule has 10 heterocycles. The van der Waals surface area contributed by atoms with Crippen molar-refractivity contribution in [1.29, 1.82) is 0 Å². The number of aromatic nitrogens is 13. The van der Waals surface area contributed by atoms with E-state index in [0.29, 0.717) is 19.6 Å². The zero-order valence-corrected chi connectivity index (χ0v) is 43.8. The standard InChI is InChI=1S/C20H24BN3O3.C18H17N5O.C11H10N4.C4H5BrN2/c1-19(2)20(3,4)27-21(26-19)16-10-15-11-23-24(18(15)22-12-16)13-14-6-8-17(25-5)9-7-14;1-22-12-16(10-20-22)14-7-15-9-21-23(18(15)19-8-14)11-13-3-5-17(24-2)6-4-13;1-15-7-10(5-14-15)8-2-9-3-12-6-11(9)13-4-8;1-7-3-4(5)2-6-7/h6-12H,13H2,1-5H3;3-10,12H,11H2,1-2H3;2-5,7H,6H2,1H3;2-3H,1H3. The molecule has 1 fully saturated rings. The zero-order chi connectivity index (χ0) is 51.3. The van der Waals surface area contributed by atoms with E-state index in [2.05, 4.69) is 73.5 Å². The van der Waals surface area contributed by atoms with Gasteiger partial charge in [-0.3, -0.25) is 24.0 Å². The Labute approximate surface area is 431 Å². The first-order valence-corrected chi connectivity index (χ1v) is 24.3. The van der Waals surface area contributed by atoms with Crippen LogP contribution in [0.5, 0.6) is 11.5 Å². The third-order valence-electron chi connectivity index (χ3n) is 12.7. The van der Waals surface area contributed by atoms with Gasteiger partial charge in [-0.1, -0.05) is 24.3 Å². The molecule has 18 nitrogen and oxygen atoms in total. The maximum atomic E-state index is 6.12. The Morgan fingerprint density at radius 2 is 1.05 bits per heavy atom. The van der Waals surface area contributed by atoms with Crippen molar-refractivity contribution in [3.05, 3.63) is 162 Å². The molecule has 0 amide bonds. The van der Waals surface area contributed by atoms with Crippen LogP contribution in [0.3, 0.4) is 0 Å². The monoisotopic (exact) mass is 1040 g/mol. The molecule has 1 saturated heterocycles. The van der Waals surface area contributed by atoms with Crippen LogP contribution in [-0.2, 0) is 50.1 Å². The quantitative estimate of drug-likeness (QED) is 0.127. The van der Waals surface area contributed by atoms with E-state index >= 15 is 0 Å². The number of pyridine rings is 3. The summed E-state index contributed by atoms with van der Waals surface area (Å²) in [6, 6.07) is 22.2. The molecule has 372 valence electrons. The molecule has 0 unspecified atom stereocenters. The van der Waals surface area contributed by atoms with Gasteiger partial charge in [-0.2, -0.15) is 25.5 Å². The van der Waals surface area contributed by atoms with Gasteiger partial charge in [0.2, 0.25) is 0 Å². The van der Waals surface area contributed by atoms with Crippen LogP contribution >= 0.6 is 15.9 Å². The Morgan fingerprint density at radius 3 is 1.53 bits per heavy atom. The Hall–Kier alpha value is -7.81. The van der Waals surface area contributed by atoms with Crippen LogP contribution < -0.4 is 14.9 Å². The number of hydrogen-bond acceptors (Lipinski definition) is 13. The van der Waals surface area contributed by atoms with E-state index < -0.39 is 7.12 Å². The molecule has 12 rings (SSSR count). The van der Waals surface area contributed by atoms with Gasteiger partial charge in [0.25, 0.3) is 0 Å². The minimum Gasteiger partial charge on any atom is -0.497 e. The van der Waals surface area contributed by atoms with Crippen LogP contribution in [0.4, 0.5) is 0 Å². The number of nitrogens with zero attached hydrogens (tertiary/aromatic N) is 14. The van der Waals surface area contributed by atoms with Crippen LogP contribution in [0.25, 0.3) is 44.3 Å². The third-order valence-corrected chi connectivity index (χ3v) is 13.1. The first kappa shape index (κ1) is 50.1. The molecule has 0 bridgehead atoms. The van der Waals surface area contributed by atoms with E-state index in [1.54, 1.807) is 34.5 Å². The molecule has 2 aromatic carbocycles. The highest BCUT2D eigenvalue weighted by Crippen LogP contribution is 2.36. The molecule has 0 aliphatic carbocycles. The summed E-state index contributed by atoms with van der Waals surface area (Å²) in [7, 11) is 8.60. The van der Waals surface area contributed by atoms with Crippen molar-refractivity contribution in [2.24, 2.45) is 26.1 Å². The average molecular weight is 1040 g/mol. The van der Waals surface area contributed by atoms with E-state index in [0.717, 1.165) is 88.1 Å². The zero-order valence-electron chi connectivity index (χ0n) is 42.2. The van der Waals surface area contributed by atoms with Crippen molar-refractivity contribution in [1.82, 2.24) is 63.9 Å². The Morgan fingerprint density at radius 1 is 0.562 bits per heavy atom. The highest BCUT2D eigenvalue weighted by Gasteiger charge is 2.52. The lowest BCUT2D eigenvalue weighted by molar-refractivity contribution is 0.00578. The Balaban J connectivity index is 0.000000130. The highest BCUT2D eigenvalue weighted by molar-refractivity contribution is 9.10. The number of methoxy groups -OCH3 is 2. The molecule has 20 heteroatoms. The molecule has 73 heavy (non-hydrogen) atoms. The fraction of sp³-hybridized carbons (Fsp3) is 0.264. The van der Waals surface area contributed by atoms with Gasteiger partial charge in [-0.25, -0.2) is 19.3 Å². The van der Waals surface area contributed by atoms with Crippen molar-refractivity contribution >= 4 is 56.8 Å². The number of ether oxygens (including phenoxy) is 2. The maximum Gasteiger partial charge on any atom is 0.496 e. The summed E-state index contributed by atoms with van der Waals surface area (Å²) < 4.78 is 32.8. The molecule has 8 aromatic heterocycles. The van der Waals surface area contributed by atoms with Gasteiger partial charge in [0.1, 0.15) is 11.5 Å². The molecule has 2 aliphatic rings. The van der Waals surface area contributed by atoms with E-state index in [-0.39, 0.29) is 11.2 Å². The lowest BCUT2D eigenvalue weighted by Gasteiger charge is -2.32. The van der Waals surface area contributed by atoms with Gasteiger partial charge in [0.15, 0.2) is 11.3 Å². The normalized spacial score (nSPS) is 14.0. The van der Waals surface area contributed by atoms with Crippen molar-refractivity contribution in [3.63, 3.8) is 0 Å². The second kappa shape index (κ2) is 21.5. The number of aryl methyl sites for hydroxylation is 3. The van der Waals surface area contributed by atoms with Gasteiger partial charge in [-0.15, -0.1) is 0 Å². The summed E-state index contributed by atoms with van der Waals surface area (Å²) in [6.07, 6.45) is 22.4. The van der Waals surface area contributed by atoms with E-state index in [9.17, 15) is 0 Å². The molecule has 0 atom stereocenters. The van der Waals surface area contributed by atoms with Crippen molar-refractivity contribution in [2.75, 3.05) is 14.2 Å². The predicted molar refractivity (Wildman–Crippen MR) is 286 cm³/mol. The van der Waals surface area contributed by atoms with Crippen molar-refractivity contribution in [3.8, 4) is 33.8 Å². The Bertz CT molecular complexity index is 3470. The molecule has 10 aromatic rings. The summed E-state index contributed by atoms with van der Waals surface area (Å²) >= 11 is 3.25. The second-order valence-corrected chi connectivity index (χ2v) is 19.5. The predicted octanol–water partition coefficient (Wildman–Crippen LogP) is 8.27. The fourth-order valence-electron chi connectivity index (χ4n) is 7.94. The summed E-state index contributed by atoms with van der Waals surface area (Å²) in [5, 5.41) is 23.2. The summed E-state index contributed by atoms with van der Waals surface area (Å²) in [5.41, 5.74) is 10.6. The van der Waals surface area contributed by atoms with Gasteiger partial charge < -0.3 is 18.8 Å². The minimum absolute atomic E-state index is 0.370. The number of halogens is 1. The van der Waals surface area contributed by atoms with E-state index in [1.807, 2.05) is 181 Å². The SMILES string of the molecule is COc1ccc(Cn2ncc3cc(-c4cnn(C)c4)cnc32)cc1.COc1ccc(Cn2ncc3cc(B4OC(C)(C)C(C)(C)O4)cnc32)cc1.Cn1cc(-c2cnc3c(c2)C=NC3)cn1.Cn1cc(Br)cn1. The topological polar surface area (TPSA) is 177 Å². The smallest absolute Gasteiger partial charge is 0.496 e. The average Bonchev–Trinajstić information content (AvgIpc) is 4.28. The molecule has 0 N–H and O–H groups in total. The van der Waals surface area contributed by atoms with Gasteiger partial charge >= 0.3 is 7.12 Å². The fourth-order valence-corrected chi connectivity index (χ4v) is 8.33. The molecular weight excluding hydrogens is 987 g/mol. The minimum atomic E-state index is -0.420. The van der Waals surface area contributed by atoms with Crippen LogP contribution in [0.15, 0.2) is 144 Å². The van der Waals surface area contributed by atoms with E-state index in [1.165, 1.54) is 0 Å². The lowest BCUT2D eigenvalue weighted by Crippen LogP contribution is -2.41. The molecule has 0 spiro atoms. The second-order valence-electron chi connectivity index (χ2n) is 18.6. The largest absolute Gasteiger partial charge is 0.497 e. The van der Waals surface area contributed by atoms with Crippen molar-refractivity contribution < 1.29 is 18.8 Å². The number of fused-ring (bicyclic) bond motifs is 3. The van der Waals surface area contributed by atoms with Crippen LogP contribution in [0.2, 0.25) is 0 Å². The molecular formula is C53H56BBrN14O4. The molecule has 0 radical (unpaired) electrons. The maximum absolute atomic E-state index is 6.12. The number of rotatable bonds is 9. The van der Waals surface area contributed by atoms with E-state index in [4.69, 9.17) is 18.8 Å². The summed E-state index contributed by atoms with van der Waals surface area (Å²) in [6.45, 7) is 10.2. The molecule has 2 aliphatic heterocycles. The lowest BCUT2D eigenvalue weighted by atomic mass is 9.80. The molecule has 0 saturated carbocycles. The van der Waals surface area contributed by atoms with Crippen LogP contribution in [0.1, 0.15) is 50.1 Å². The highest BCUT2D eigenvalue weighted by atomic mass is 79.9. The van der Waals surface area contributed by atoms with Gasteiger partial charge in [-0.05, 0) is 97.2 Å². The number of hydrogen-bond donors (Lipinski definition) is 0. The Kier molecular flexibility index (Phi) is 14.8. The number of benzene rings is 2. The number of aliphatic imine (C=N–C) groups is 1. The first-order valence-electron chi connectivity index (χ1n) is 23.5. The summed E-state index contributed by atoms with van der Waals surface area (Å²) in [5.74, 6) is 1.69. The van der Waals surface area contributed by atoms with Crippen molar-refractivity contribution in [2.45, 2.75) is 58.5 Å². The first-order chi connectivity index (χ1) is 35.1. The van der Waals surface area contributed by atoms with Gasteiger partial charge in [0.05, 0.1) is 86.2 Å². The third kappa shape index (κ3) is 11.8. The van der Waals surface area contributed by atoms with Crippen LogP contribution in [-0.4, -0.2) is 103 Å².